The first kappa shape index (κ1) is 17.9. The zero-order chi connectivity index (χ0) is 14.4. The molecule has 2 rings (SSSR count). The average molecular weight is 411 g/mol. The van der Waals surface area contributed by atoms with Crippen LogP contribution in [0.5, 0.6) is 5.75 Å². The summed E-state index contributed by atoms with van der Waals surface area (Å²) in [5.41, 5.74) is 6.53. The van der Waals surface area contributed by atoms with E-state index in [0.717, 1.165) is 12.1 Å². The van der Waals surface area contributed by atoms with E-state index >= 15 is 0 Å². The second-order valence-electron chi connectivity index (χ2n) is 4.91. The lowest BCUT2D eigenvalue weighted by atomic mass is 9.85. The summed E-state index contributed by atoms with van der Waals surface area (Å²) in [5, 5.41) is 3.08. The van der Waals surface area contributed by atoms with Crippen molar-refractivity contribution in [3.63, 3.8) is 0 Å². The summed E-state index contributed by atoms with van der Waals surface area (Å²) in [7, 11) is 0. The molecule has 3 N–H and O–H groups in total. The number of ether oxygens (including phenoxy) is 1. The van der Waals surface area contributed by atoms with Crippen LogP contribution in [0, 0.1) is 5.92 Å². The lowest BCUT2D eigenvalue weighted by Crippen LogP contribution is -2.37. The summed E-state index contributed by atoms with van der Waals surface area (Å²) >= 11 is 0. The molecule has 0 aliphatic heterocycles. The number of aliphatic imine (C=N–C) groups is 1. The van der Waals surface area contributed by atoms with Crippen molar-refractivity contribution in [2.45, 2.75) is 32.4 Å². The SMILES string of the molecule is I.NC(=NCc1cccc(OC(F)F)c1)NCC1CCC1. The fraction of sp³-hybridized carbons (Fsp3) is 0.500. The second-order valence-corrected chi connectivity index (χ2v) is 4.91. The van der Waals surface area contributed by atoms with Gasteiger partial charge in [-0.05, 0) is 36.5 Å². The highest BCUT2D eigenvalue weighted by atomic mass is 127. The van der Waals surface area contributed by atoms with Gasteiger partial charge >= 0.3 is 6.61 Å². The lowest BCUT2D eigenvalue weighted by molar-refractivity contribution is -0.0498. The summed E-state index contributed by atoms with van der Waals surface area (Å²) in [5.74, 6) is 1.22. The highest BCUT2D eigenvalue weighted by Gasteiger charge is 2.16. The van der Waals surface area contributed by atoms with Crippen molar-refractivity contribution >= 4 is 29.9 Å². The normalized spacial score (nSPS) is 15.3. The van der Waals surface area contributed by atoms with Crippen LogP contribution in [-0.4, -0.2) is 19.1 Å². The van der Waals surface area contributed by atoms with Crippen LogP contribution >= 0.6 is 24.0 Å². The quantitative estimate of drug-likeness (QED) is 0.430. The van der Waals surface area contributed by atoms with Crippen molar-refractivity contribution < 1.29 is 13.5 Å². The smallest absolute Gasteiger partial charge is 0.387 e. The molecule has 118 valence electrons. The molecule has 1 fully saturated rings. The first-order valence-corrected chi connectivity index (χ1v) is 6.71. The Balaban J connectivity index is 0.00000220. The van der Waals surface area contributed by atoms with E-state index in [4.69, 9.17) is 5.73 Å². The number of hydrogen-bond donors (Lipinski definition) is 2. The average Bonchev–Trinajstić information content (AvgIpc) is 2.34. The second kappa shape index (κ2) is 9.01. The van der Waals surface area contributed by atoms with Crippen LogP contribution in [0.1, 0.15) is 24.8 Å². The van der Waals surface area contributed by atoms with E-state index in [9.17, 15) is 8.78 Å². The Morgan fingerprint density at radius 3 is 2.81 bits per heavy atom. The van der Waals surface area contributed by atoms with Crippen molar-refractivity contribution in [2.24, 2.45) is 16.6 Å². The number of nitrogens with two attached hydrogens (primary N) is 1. The van der Waals surface area contributed by atoms with Gasteiger partial charge in [-0.1, -0.05) is 18.6 Å². The Kier molecular flexibility index (Phi) is 7.69. The van der Waals surface area contributed by atoms with Gasteiger partial charge in [-0.25, -0.2) is 4.99 Å². The Hall–Kier alpha value is -1.12. The summed E-state index contributed by atoms with van der Waals surface area (Å²) in [6.07, 6.45) is 3.78. The number of halogens is 3. The molecule has 0 saturated heterocycles. The Labute approximate surface area is 140 Å². The number of nitrogens with zero attached hydrogens (tertiary/aromatic N) is 1. The predicted octanol–water partition coefficient (Wildman–Crippen LogP) is 3.11. The van der Waals surface area contributed by atoms with E-state index in [1.165, 1.54) is 31.4 Å². The molecule has 0 aromatic heterocycles. The van der Waals surface area contributed by atoms with Crippen molar-refractivity contribution in [1.82, 2.24) is 5.32 Å². The van der Waals surface area contributed by atoms with Gasteiger partial charge in [0.1, 0.15) is 5.75 Å². The number of benzene rings is 1. The minimum absolute atomic E-state index is 0. The molecule has 0 spiro atoms. The topological polar surface area (TPSA) is 59.6 Å². The highest BCUT2D eigenvalue weighted by molar-refractivity contribution is 14.0. The van der Waals surface area contributed by atoms with Crippen LogP contribution in [0.25, 0.3) is 0 Å². The molecular weight excluding hydrogens is 391 g/mol. The summed E-state index contributed by atoms with van der Waals surface area (Å²) in [6, 6.07) is 6.47. The van der Waals surface area contributed by atoms with Gasteiger partial charge < -0.3 is 15.8 Å². The number of hydrogen-bond acceptors (Lipinski definition) is 2. The largest absolute Gasteiger partial charge is 0.435 e. The molecule has 0 unspecified atom stereocenters. The summed E-state index contributed by atoms with van der Waals surface area (Å²) in [4.78, 5) is 4.19. The standard InChI is InChI=1S/C14H19F2N3O.HI/c15-13(16)20-12-6-2-5-11(7-12)9-19-14(17)18-8-10-3-1-4-10;/h2,5-7,10,13H,1,3-4,8-9H2,(H3,17,18,19);1H. The van der Waals surface area contributed by atoms with Crippen molar-refractivity contribution in [3.8, 4) is 5.75 Å². The predicted molar refractivity (Wildman–Crippen MR) is 89.2 cm³/mol. The van der Waals surface area contributed by atoms with Gasteiger partial charge in [0.05, 0.1) is 6.54 Å². The van der Waals surface area contributed by atoms with Gasteiger partial charge in [-0.3, -0.25) is 0 Å². The van der Waals surface area contributed by atoms with Gasteiger partial charge in [-0.15, -0.1) is 24.0 Å². The third kappa shape index (κ3) is 6.45. The molecule has 1 aromatic rings. The molecule has 0 amide bonds. The third-order valence-electron chi connectivity index (χ3n) is 3.35. The molecule has 1 aromatic carbocycles. The van der Waals surface area contributed by atoms with E-state index in [0.29, 0.717) is 18.4 Å². The molecular formula is C14H20F2IN3O. The van der Waals surface area contributed by atoms with E-state index in [1.54, 1.807) is 12.1 Å². The maximum atomic E-state index is 12.1. The Bertz CT molecular complexity index is 467. The maximum absolute atomic E-state index is 12.1. The van der Waals surface area contributed by atoms with Crippen LogP contribution in [0.3, 0.4) is 0 Å². The fourth-order valence-corrected chi connectivity index (χ4v) is 2.00. The zero-order valence-corrected chi connectivity index (χ0v) is 13.9. The van der Waals surface area contributed by atoms with Gasteiger partial charge in [0.15, 0.2) is 5.96 Å². The summed E-state index contributed by atoms with van der Waals surface area (Å²) in [6.45, 7) is -1.63. The number of rotatable bonds is 6. The molecule has 1 aliphatic rings. The van der Waals surface area contributed by atoms with Crippen LogP contribution < -0.4 is 15.8 Å². The van der Waals surface area contributed by atoms with Crippen molar-refractivity contribution in [1.29, 1.82) is 0 Å². The van der Waals surface area contributed by atoms with Gasteiger partial charge in [-0.2, -0.15) is 8.78 Å². The first-order chi connectivity index (χ1) is 9.63. The molecule has 0 radical (unpaired) electrons. The van der Waals surface area contributed by atoms with E-state index in [-0.39, 0.29) is 29.7 Å². The highest BCUT2D eigenvalue weighted by Crippen LogP contribution is 2.25. The van der Waals surface area contributed by atoms with E-state index in [2.05, 4.69) is 15.0 Å². The molecule has 1 aliphatic carbocycles. The Morgan fingerprint density at radius 2 is 2.19 bits per heavy atom. The fourth-order valence-electron chi connectivity index (χ4n) is 2.00. The van der Waals surface area contributed by atoms with Crippen LogP contribution in [0.2, 0.25) is 0 Å². The van der Waals surface area contributed by atoms with Gasteiger partial charge in [0.2, 0.25) is 0 Å². The van der Waals surface area contributed by atoms with E-state index in [1.807, 2.05) is 0 Å². The van der Waals surface area contributed by atoms with E-state index < -0.39 is 6.61 Å². The maximum Gasteiger partial charge on any atom is 0.387 e. The minimum atomic E-state index is -2.82. The molecule has 21 heavy (non-hydrogen) atoms. The van der Waals surface area contributed by atoms with Gasteiger partial charge in [0, 0.05) is 6.54 Å². The molecule has 1 saturated carbocycles. The summed E-state index contributed by atoms with van der Waals surface area (Å²) < 4.78 is 28.5. The third-order valence-corrected chi connectivity index (χ3v) is 3.35. The van der Waals surface area contributed by atoms with Crippen LogP contribution in [-0.2, 0) is 6.54 Å². The number of nitrogens with one attached hydrogen (secondary N) is 1. The van der Waals surface area contributed by atoms with Crippen LogP contribution in [0.15, 0.2) is 29.3 Å². The molecule has 0 bridgehead atoms. The number of guanidine groups is 1. The molecule has 7 heteroatoms. The minimum Gasteiger partial charge on any atom is -0.435 e. The first-order valence-electron chi connectivity index (χ1n) is 6.71. The number of alkyl halides is 2. The molecule has 4 nitrogen and oxygen atoms in total. The molecule has 0 atom stereocenters. The van der Waals surface area contributed by atoms with Crippen molar-refractivity contribution in [2.75, 3.05) is 6.54 Å². The lowest BCUT2D eigenvalue weighted by Gasteiger charge is -2.25. The molecule has 0 heterocycles. The van der Waals surface area contributed by atoms with Gasteiger partial charge in [0.25, 0.3) is 0 Å². The Morgan fingerprint density at radius 1 is 1.43 bits per heavy atom. The van der Waals surface area contributed by atoms with Crippen molar-refractivity contribution in [3.05, 3.63) is 29.8 Å². The monoisotopic (exact) mass is 411 g/mol. The van der Waals surface area contributed by atoms with Crippen LogP contribution in [0.4, 0.5) is 8.78 Å². The zero-order valence-electron chi connectivity index (χ0n) is 11.6.